The van der Waals surface area contributed by atoms with Crippen LogP contribution in [0.5, 0.6) is 0 Å². The number of nitrogens with one attached hydrogen (secondary N) is 1. The second kappa shape index (κ2) is 5.06. The van der Waals surface area contributed by atoms with E-state index in [1.54, 1.807) is 12.1 Å². The molecule has 0 aliphatic carbocycles. The van der Waals surface area contributed by atoms with Gasteiger partial charge in [0.25, 0.3) is 0 Å². The van der Waals surface area contributed by atoms with Crippen LogP contribution < -0.4 is 5.32 Å². The second-order valence-electron chi connectivity index (χ2n) is 6.92. The smallest absolute Gasteiger partial charge is 0.307 e. The molecule has 1 aromatic carbocycles. The van der Waals surface area contributed by atoms with Crippen molar-refractivity contribution in [2.24, 2.45) is 5.41 Å². The summed E-state index contributed by atoms with van der Waals surface area (Å²) >= 11 is 0. The lowest BCUT2D eigenvalue weighted by Crippen LogP contribution is -2.40. The molecule has 0 saturated carbocycles. The first-order valence-corrected chi connectivity index (χ1v) is 7.05. The Hall–Kier alpha value is -1.03. The highest BCUT2D eigenvalue weighted by Crippen LogP contribution is 2.41. The van der Waals surface area contributed by atoms with Crippen molar-refractivity contribution in [1.82, 2.24) is 5.32 Å². The number of rotatable bonds is 2. The van der Waals surface area contributed by atoms with E-state index < -0.39 is 11.7 Å². The molecule has 0 amide bonds. The van der Waals surface area contributed by atoms with E-state index >= 15 is 0 Å². The number of hydrogen-bond acceptors (Lipinski definition) is 1. The minimum atomic E-state index is -4.27. The van der Waals surface area contributed by atoms with Crippen LogP contribution in [0.2, 0.25) is 0 Å². The predicted octanol–water partition coefficient (Wildman–Crippen LogP) is 4.72. The lowest BCUT2D eigenvalue weighted by molar-refractivity contribution is -0.137. The molecule has 1 saturated heterocycles. The third-order valence-corrected chi connectivity index (χ3v) is 3.84. The number of benzene rings is 1. The fourth-order valence-electron chi connectivity index (χ4n) is 3.19. The molecule has 0 radical (unpaired) electrons. The summed E-state index contributed by atoms with van der Waals surface area (Å²) < 4.78 is 37.9. The van der Waals surface area contributed by atoms with Crippen LogP contribution in [0.1, 0.15) is 51.2 Å². The maximum absolute atomic E-state index is 12.6. The van der Waals surface area contributed by atoms with Crippen LogP contribution in [0.4, 0.5) is 13.2 Å². The van der Waals surface area contributed by atoms with E-state index in [9.17, 15) is 13.2 Å². The monoisotopic (exact) mass is 285 g/mol. The van der Waals surface area contributed by atoms with Crippen molar-refractivity contribution < 1.29 is 13.2 Å². The van der Waals surface area contributed by atoms with Gasteiger partial charge >= 0.3 is 6.18 Å². The molecule has 20 heavy (non-hydrogen) atoms. The Bertz CT molecular complexity index is 448. The van der Waals surface area contributed by atoms with Crippen LogP contribution in [0, 0.1) is 5.41 Å². The minimum Gasteiger partial charge on any atom is -0.307 e. The van der Waals surface area contributed by atoms with Crippen LogP contribution in [0.15, 0.2) is 24.3 Å². The van der Waals surface area contributed by atoms with Gasteiger partial charge in [0.15, 0.2) is 0 Å². The van der Waals surface area contributed by atoms with Gasteiger partial charge in [0, 0.05) is 5.54 Å². The third-order valence-electron chi connectivity index (χ3n) is 3.84. The van der Waals surface area contributed by atoms with Crippen LogP contribution in [0.3, 0.4) is 0 Å². The SMILES string of the molecule is CC(C)(C)CC1(c2ccc(C(F)(F)F)cc2)CCCN1. The average molecular weight is 285 g/mol. The Morgan fingerprint density at radius 2 is 1.70 bits per heavy atom. The van der Waals surface area contributed by atoms with Gasteiger partial charge in [-0.25, -0.2) is 0 Å². The summed E-state index contributed by atoms with van der Waals surface area (Å²) in [5.41, 5.74) is 0.339. The largest absolute Gasteiger partial charge is 0.416 e. The molecule has 1 fully saturated rings. The van der Waals surface area contributed by atoms with E-state index in [1.165, 1.54) is 12.1 Å². The van der Waals surface area contributed by atoms with E-state index in [1.807, 2.05) is 0 Å². The molecule has 1 aromatic rings. The molecule has 1 heterocycles. The zero-order chi connectivity index (χ0) is 15.0. The third kappa shape index (κ3) is 3.35. The predicted molar refractivity (Wildman–Crippen MR) is 74.4 cm³/mol. The summed E-state index contributed by atoms with van der Waals surface area (Å²) in [6.45, 7) is 7.42. The van der Waals surface area contributed by atoms with Gasteiger partial charge in [0.2, 0.25) is 0 Å². The van der Waals surface area contributed by atoms with Crippen LogP contribution in [0.25, 0.3) is 0 Å². The molecule has 1 aliphatic heterocycles. The molecule has 0 aromatic heterocycles. The van der Waals surface area contributed by atoms with E-state index in [4.69, 9.17) is 0 Å². The van der Waals surface area contributed by atoms with Crippen molar-refractivity contribution >= 4 is 0 Å². The zero-order valence-corrected chi connectivity index (χ0v) is 12.3. The highest BCUT2D eigenvalue weighted by atomic mass is 19.4. The summed E-state index contributed by atoms with van der Waals surface area (Å²) in [5.74, 6) is 0. The van der Waals surface area contributed by atoms with E-state index in [0.29, 0.717) is 0 Å². The molecule has 1 aliphatic rings. The van der Waals surface area contributed by atoms with Crippen molar-refractivity contribution in [3.63, 3.8) is 0 Å². The fraction of sp³-hybridized carbons (Fsp3) is 0.625. The standard InChI is InChI=1S/C16H22F3N/c1-14(2,3)11-15(9-4-10-20-15)12-5-7-13(8-6-12)16(17,18)19/h5-8,20H,4,9-11H2,1-3H3. The maximum atomic E-state index is 12.6. The van der Waals surface area contributed by atoms with E-state index in [-0.39, 0.29) is 11.0 Å². The van der Waals surface area contributed by atoms with E-state index in [2.05, 4.69) is 26.1 Å². The van der Waals surface area contributed by atoms with Crippen LogP contribution in [-0.2, 0) is 11.7 Å². The molecule has 1 unspecified atom stereocenters. The summed E-state index contributed by atoms with van der Waals surface area (Å²) in [6, 6.07) is 5.65. The molecule has 0 spiro atoms. The summed E-state index contributed by atoms with van der Waals surface area (Å²) in [5, 5.41) is 3.52. The maximum Gasteiger partial charge on any atom is 0.416 e. The first-order valence-electron chi connectivity index (χ1n) is 7.05. The Labute approximate surface area is 118 Å². The molecule has 1 nitrogen and oxygen atoms in total. The molecule has 1 N–H and O–H groups in total. The van der Waals surface area contributed by atoms with Crippen molar-refractivity contribution in [3.8, 4) is 0 Å². The van der Waals surface area contributed by atoms with Gasteiger partial charge < -0.3 is 5.32 Å². The first kappa shape index (κ1) is 15.4. The highest BCUT2D eigenvalue weighted by molar-refractivity contribution is 5.31. The lowest BCUT2D eigenvalue weighted by atomic mass is 9.75. The van der Waals surface area contributed by atoms with Gasteiger partial charge in [-0.15, -0.1) is 0 Å². The quantitative estimate of drug-likeness (QED) is 0.829. The van der Waals surface area contributed by atoms with Gasteiger partial charge in [-0.2, -0.15) is 13.2 Å². The molecule has 4 heteroatoms. The van der Waals surface area contributed by atoms with Crippen molar-refractivity contribution in [3.05, 3.63) is 35.4 Å². The summed E-state index contributed by atoms with van der Waals surface area (Å²) in [4.78, 5) is 0. The topological polar surface area (TPSA) is 12.0 Å². The number of halogens is 3. The number of hydrogen-bond donors (Lipinski definition) is 1. The fourth-order valence-corrected chi connectivity index (χ4v) is 3.19. The normalized spacial score (nSPS) is 24.1. The highest BCUT2D eigenvalue weighted by Gasteiger charge is 2.39. The summed E-state index contributed by atoms with van der Waals surface area (Å²) in [7, 11) is 0. The van der Waals surface area contributed by atoms with E-state index in [0.717, 1.165) is 31.4 Å². The Morgan fingerprint density at radius 1 is 1.10 bits per heavy atom. The molecular weight excluding hydrogens is 263 g/mol. The van der Waals surface area contributed by atoms with Gasteiger partial charge in [-0.1, -0.05) is 32.9 Å². The Morgan fingerprint density at radius 3 is 2.10 bits per heavy atom. The first-order chi connectivity index (χ1) is 9.12. The Kier molecular flexibility index (Phi) is 3.89. The number of alkyl halides is 3. The molecule has 112 valence electrons. The van der Waals surface area contributed by atoms with Gasteiger partial charge in [0.1, 0.15) is 0 Å². The van der Waals surface area contributed by atoms with Crippen molar-refractivity contribution in [2.45, 2.75) is 51.7 Å². The van der Waals surface area contributed by atoms with Gasteiger partial charge in [0.05, 0.1) is 5.56 Å². The minimum absolute atomic E-state index is 0.125. The summed E-state index contributed by atoms with van der Waals surface area (Å²) in [6.07, 6.45) is -1.29. The average Bonchev–Trinajstić information content (AvgIpc) is 2.75. The molecule has 1 atom stereocenters. The van der Waals surface area contributed by atoms with Crippen LogP contribution in [-0.4, -0.2) is 6.54 Å². The van der Waals surface area contributed by atoms with Gasteiger partial charge in [-0.3, -0.25) is 0 Å². The molecule has 2 rings (SSSR count). The zero-order valence-electron chi connectivity index (χ0n) is 12.3. The van der Waals surface area contributed by atoms with Crippen LogP contribution >= 0.6 is 0 Å². The lowest BCUT2D eigenvalue weighted by Gasteiger charge is -2.36. The van der Waals surface area contributed by atoms with Gasteiger partial charge in [-0.05, 0) is 48.9 Å². The van der Waals surface area contributed by atoms with Crippen molar-refractivity contribution in [2.75, 3.05) is 6.54 Å². The molecular formula is C16H22F3N. The second-order valence-corrected chi connectivity index (χ2v) is 6.92. The van der Waals surface area contributed by atoms with Crippen molar-refractivity contribution in [1.29, 1.82) is 0 Å². The molecule has 0 bridgehead atoms. The Balaban J connectivity index is 2.31.